The Balaban J connectivity index is 1.86. The van der Waals surface area contributed by atoms with E-state index in [0.717, 1.165) is 16.7 Å². The van der Waals surface area contributed by atoms with Crippen LogP contribution in [0.5, 0.6) is 0 Å². The van der Waals surface area contributed by atoms with E-state index in [1.807, 2.05) is 60.7 Å². The van der Waals surface area contributed by atoms with Crippen molar-refractivity contribution in [2.45, 2.75) is 24.4 Å². The van der Waals surface area contributed by atoms with Gasteiger partial charge in [0, 0.05) is 11.6 Å². The molecule has 0 saturated carbocycles. The van der Waals surface area contributed by atoms with Gasteiger partial charge in [0.25, 0.3) is 0 Å². The van der Waals surface area contributed by atoms with Crippen LogP contribution in [-0.4, -0.2) is 17.1 Å². The third-order valence-corrected chi connectivity index (χ3v) is 5.43. The molecule has 0 aliphatic heterocycles. The van der Waals surface area contributed by atoms with Crippen LogP contribution in [-0.2, 0) is 10.3 Å². The van der Waals surface area contributed by atoms with Crippen molar-refractivity contribution in [3.8, 4) is 0 Å². The van der Waals surface area contributed by atoms with Gasteiger partial charge < -0.3 is 5.11 Å². The number of benzene rings is 3. The molecule has 0 spiro atoms. The monoisotopic (exact) mass is 369 g/mol. The van der Waals surface area contributed by atoms with Crippen LogP contribution in [0.2, 0.25) is 0 Å². The fourth-order valence-corrected chi connectivity index (χ4v) is 4.12. The zero-order valence-electron chi connectivity index (χ0n) is 15.6. The molecule has 0 fully saturated rings. The van der Waals surface area contributed by atoms with Gasteiger partial charge in [-0.3, -0.25) is 5.32 Å². The molecule has 4 rings (SSSR count). The predicted molar refractivity (Wildman–Crippen MR) is 111 cm³/mol. The molecule has 3 heteroatoms. The molecule has 0 bridgehead atoms. The molecule has 1 atom stereocenters. The molecule has 1 aliphatic carbocycles. The number of aliphatic carboxylic acids is 1. The van der Waals surface area contributed by atoms with Gasteiger partial charge in [0.1, 0.15) is 0 Å². The van der Waals surface area contributed by atoms with E-state index in [9.17, 15) is 9.90 Å². The standard InChI is InChI=1S/C25H23NO2/c27-24(28)19-16-17-23(18-19)26-25(20-10-4-1-5-11-20,21-12-6-2-7-13-21)22-14-8-3-9-15-22/h1-16,23,26H,17-18H2,(H,27,28)/t23-/m0/s1. The number of carbonyl (C=O) groups is 1. The van der Waals surface area contributed by atoms with Crippen LogP contribution in [0.1, 0.15) is 29.5 Å². The van der Waals surface area contributed by atoms with Gasteiger partial charge in [0.15, 0.2) is 0 Å². The van der Waals surface area contributed by atoms with E-state index in [1.54, 1.807) is 0 Å². The van der Waals surface area contributed by atoms with Gasteiger partial charge in [0.05, 0.1) is 5.54 Å². The van der Waals surface area contributed by atoms with Crippen LogP contribution in [0.15, 0.2) is 103 Å². The lowest BCUT2D eigenvalue weighted by Gasteiger charge is -2.39. The highest BCUT2D eigenvalue weighted by atomic mass is 16.4. The highest BCUT2D eigenvalue weighted by molar-refractivity contribution is 5.87. The lowest BCUT2D eigenvalue weighted by atomic mass is 9.76. The first-order valence-electron chi connectivity index (χ1n) is 9.57. The van der Waals surface area contributed by atoms with Gasteiger partial charge in [-0.15, -0.1) is 0 Å². The summed E-state index contributed by atoms with van der Waals surface area (Å²) in [5.41, 5.74) is 3.33. The summed E-state index contributed by atoms with van der Waals surface area (Å²) in [7, 11) is 0. The topological polar surface area (TPSA) is 49.3 Å². The fourth-order valence-electron chi connectivity index (χ4n) is 4.12. The molecule has 0 heterocycles. The largest absolute Gasteiger partial charge is 0.478 e. The summed E-state index contributed by atoms with van der Waals surface area (Å²) in [5, 5.41) is 13.2. The zero-order valence-corrected chi connectivity index (χ0v) is 15.6. The Morgan fingerprint density at radius 1 is 0.786 bits per heavy atom. The maximum atomic E-state index is 11.4. The summed E-state index contributed by atoms with van der Waals surface area (Å²) in [6.45, 7) is 0. The van der Waals surface area contributed by atoms with Gasteiger partial charge in [0.2, 0.25) is 0 Å². The molecule has 0 saturated heterocycles. The van der Waals surface area contributed by atoms with Crippen LogP contribution in [0, 0.1) is 0 Å². The molecule has 0 radical (unpaired) electrons. The first-order chi connectivity index (χ1) is 13.7. The zero-order chi connectivity index (χ0) is 19.4. The summed E-state index contributed by atoms with van der Waals surface area (Å²) in [4.78, 5) is 11.4. The molecular weight excluding hydrogens is 346 g/mol. The number of nitrogens with one attached hydrogen (secondary N) is 1. The van der Waals surface area contributed by atoms with Crippen molar-refractivity contribution in [2.24, 2.45) is 0 Å². The van der Waals surface area contributed by atoms with Gasteiger partial charge in [-0.25, -0.2) is 4.79 Å². The van der Waals surface area contributed by atoms with Gasteiger partial charge in [-0.05, 0) is 29.5 Å². The number of hydrogen-bond acceptors (Lipinski definition) is 2. The maximum absolute atomic E-state index is 11.4. The lowest BCUT2D eigenvalue weighted by molar-refractivity contribution is -0.132. The van der Waals surface area contributed by atoms with Crippen molar-refractivity contribution >= 4 is 5.97 Å². The van der Waals surface area contributed by atoms with Gasteiger partial charge >= 0.3 is 5.97 Å². The van der Waals surface area contributed by atoms with E-state index >= 15 is 0 Å². The Morgan fingerprint density at radius 3 is 1.57 bits per heavy atom. The van der Waals surface area contributed by atoms with Crippen LogP contribution in [0.25, 0.3) is 0 Å². The summed E-state index contributed by atoms with van der Waals surface area (Å²) in [6.07, 6.45) is 3.06. The minimum absolute atomic E-state index is 0.0479. The first-order valence-corrected chi connectivity index (χ1v) is 9.57. The fraction of sp³-hybridized carbons (Fsp3) is 0.160. The molecule has 1 aliphatic rings. The van der Waals surface area contributed by atoms with Crippen molar-refractivity contribution in [2.75, 3.05) is 0 Å². The molecule has 3 nitrogen and oxygen atoms in total. The quantitative estimate of drug-likeness (QED) is 0.617. The second-order valence-corrected chi connectivity index (χ2v) is 7.16. The average Bonchev–Trinajstić information content (AvgIpc) is 3.23. The van der Waals surface area contributed by atoms with Crippen LogP contribution < -0.4 is 5.32 Å². The second kappa shape index (κ2) is 7.83. The minimum atomic E-state index is -0.825. The Morgan fingerprint density at radius 2 is 1.21 bits per heavy atom. The van der Waals surface area contributed by atoms with Crippen molar-refractivity contribution in [1.29, 1.82) is 0 Å². The van der Waals surface area contributed by atoms with E-state index in [4.69, 9.17) is 0 Å². The van der Waals surface area contributed by atoms with Crippen LogP contribution in [0.4, 0.5) is 0 Å². The van der Waals surface area contributed by atoms with E-state index < -0.39 is 11.5 Å². The van der Waals surface area contributed by atoms with Crippen molar-refractivity contribution in [3.05, 3.63) is 119 Å². The normalized spacial score (nSPS) is 16.6. The van der Waals surface area contributed by atoms with E-state index in [-0.39, 0.29) is 6.04 Å². The van der Waals surface area contributed by atoms with Crippen LogP contribution in [0.3, 0.4) is 0 Å². The summed E-state index contributed by atoms with van der Waals surface area (Å²) < 4.78 is 0. The molecule has 140 valence electrons. The summed E-state index contributed by atoms with van der Waals surface area (Å²) in [6, 6.07) is 31.2. The molecule has 2 N–H and O–H groups in total. The molecule has 28 heavy (non-hydrogen) atoms. The number of hydrogen-bond donors (Lipinski definition) is 2. The van der Waals surface area contributed by atoms with Crippen molar-refractivity contribution in [3.63, 3.8) is 0 Å². The number of carboxylic acids is 1. The average molecular weight is 369 g/mol. The summed E-state index contributed by atoms with van der Waals surface area (Å²) >= 11 is 0. The SMILES string of the molecule is O=C(O)C1=CC[C@H](NC(c2ccccc2)(c2ccccc2)c2ccccc2)C1. The third-order valence-electron chi connectivity index (χ3n) is 5.43. The Kier molecular flexibility index (Phi) is 5.09. The molecule has 3 aromatic rings. The van der Waals surface area contributed by atoms with Gasteiger partial charge in [-0.1, -0.05) is 97.1 Å². The van der Waals surface area contributed by atoms with Gasteiger partial charge in [-0.2, -0.15) is 0 Å². The molecule has 0 unspecified atom stereocenters. The van der Waals surface area contributed by atoms with Crippen molar-refractivity contribution in [1.82, 2.24) is 5.32 Å². The predicted octanol–water partition coefficient (Wildman–Crippen LogP) is 4.74. The molecule has 0 aromatic heterocycles. The molecular formula is C25H23NO2. The minimum Gasteiger partial charge on any atom is -0.478 e. The lowest BCUT2D eigenvalue weighted by Crippen LogP contribution is -2.49. The Bertz CT molecular complexity index is 869. The van der Waals surface area contributed by atoms with Crippen molar-refractivity contribution < 1.29 is 9.90 Å². The van der Waals surface area contributed by atoms with E-state index in [2.05, 4.69) is 41.7 Å². The number of carboxylic acid groups (broad SMARTS) is 1. The van der Waals surface area contributed by atoms with E-state index in [0.29, 0.717) is 18.4 Å². The maximum Gasteiger partial charge on any atom is 0.331 e. The smallest absolute Gasteiger partial charge is 0.331 e. The Hall–Kier alpha value is -3.17. The second-order valence-electron chi connectivity index (χ2n) is 7.16. The Labute approximate surface area is 165 Å². The van der Waals surface area contributed by atoms with Crippen LogP contribution >= 0.6 is 0 Å². The summed E-state index contributed by atoms with van der Waals surface area (Å²) in [5.74, 6) is -0.825. The molecule has 0 amide bonds. The third kappa shape index (κ3) is 3.37. The highest BCUT2D eigenvalue weighted by Gasteiger charge is 2.39. The number of rotatable bonds is 6. The highest BCUT2D eigenvalue weighted by Crippen LogP contribution is 2.38. The molecule has 3 aromatic carbocycles. The van der Waals surface area contributed by atoms with E-state index in [1.165, 1.54) is 0 Å². The first kappa shape index (κ1) is 18.2.